The van der Waals surface area contributed by atoms with Crippen molar-refractivity contribution in [3.63, 3.8) is 0 Å². The van der Waals surface area contributed by atoms with Crippen LogP contribution in [0.3, 0.4) is 0 Å². The minimum Gasteiger partial charge on any atom is -0.491 e. The van der Waals surface area contributed by atoms with Crippen LogP contribution in [0, 0.1) is 0 Å². The zero-order chi connectivity index (χ0) is 16.1. The summed E-state index contributed by atoms with van der Waals surface area (Å²) >= 11 is 3.36. The first kappa shape index (κ1) is 16.0. The molecule has 3 rings (SSSR count). The van der Waals surface area contributed by atoms with Gasteiger partial charge in [-0.05, 0) is 55.3 Å². The van der Waals surface area contributed by atoms with Gasteiger partial charge in [-0.15, -0.1) is 0 Å². The van der Waals surface area contributed by atoms with E-state index < -0.39 is 0 Å². The zero-order valence-corrected chi connectivity index (χ0v) is 14.2. The predicted molar refractivity (Wildman–Crippen MR) is 93.0 cm³/mol. The molecule has 120 valence electrons. The van der Waals surface area contributed by atoms with Crippen molar-refractivity contribution in [2.75, 3.05) is 18.5 Å². The number of ether oxygens (including phenoxy) is 2. The van der Waals surface area contributed by atoms with E-state index in [9.17, 15) is 4.79 Å². The number of benzene rings is 2. The van der Waals surface area contributed by atoms with Crippen LogP contribution in [0.1, 0.15) is 23.2 Å². The van der Waals surface area contributed by atoms with Crippen LogP contribution in [0.2, 0.25) is 0 Å². The molecule has 4 nitrogen and oxygen atoms in total. The van der Waals surface area contributed by atoms with Crippen LogP contribution in [-0.2, 0) is 4.74 Å². The quantitative estimate of drug-likeness (QED) is 0.848. The zero-order valence-electron chi connectivity index (χ0n) is 12.6. The highest BCUT2D eigenvalue weighted by Gasteiger charge is 2.15. The van der Waals surface area contributed by atoms with Crippen molar-refractivity contribution in [2.24, 2.45) is 0 Å². The normalized spacial score (nSPS) is 17.0. The number of halogens is 1. The minimum atomic E-state index is -0.140. The first-order valence-corrected chi connectivity index (χ1v) is 8.41. The summed E-state index contributed by atoms with van der Waals surface area (Å²) in [7, 11) is 0. The third-order valence-corrected chi connectivity index (χ3v) is 4.15. The second-order valence-corrected chi connectivity index (χ2v) is 6.35. The van der Waals surface area contributed by atoms with E-state index in [1.54, 1.807) is 12.1 Å². The second-order valence-electron chi connectivity index (χ2n) is 5.43. The van der Waals surface area contributed by atoms with E-state index in [-0.39, 0.29) is 12.0 Å². The topological polar surface area (TPSA) is 47.6 Å². The molecule has 23 heavy (non-hydrogen) atoms. The molecule has 2 aromatic rings. The van der Waals surface area contributed by atoms with Crippen LogP contribution in [-0.4, -0.2) is 25.2 Å². The Morgan fingerprint density at radius 2 is 2.09 bits per heavy atom. The summed E-state index contributed by atoms with van der Waals surface area (Å²) in [6.45, 7) is 1.40. The minimum absolute atomic E-state index is 0.140. The molecule has 1 N–H and O–H groups in total. The van der Waals surface area contributed by atoms with E-state index in [4.69, 9.17) is 9.47 Å². The van der Waals surface area contributed by atoms with Gasteiger partial charge in [0.1, 0.15) is 12.4 Å². The molecule has 1 atom stereocenters. The second kappa shape index (κ2) is 7.62. The van der Waals surface area contributed by atoms with Crippen LogP contribution in [0.25, 0.3) is 0 Å². The van der Waals surface area contributed by atoms with Crippen molar-refractivity contribution in [3.05, 3.63) is 58.6 Å². The molecule has 0 saturated carbocycles. The Morgan fingerprint density at radius 1 is 1.26 bits per heavy atom. The van der Waals surface area contributed by atoms with Gasteiger partial charge in [-0.2, -0.15) is 0 Å². The van der Waals surface area contributed by atoms with Gasteiger partial charge in [-0.1, -0.05) is 22.0 Å². The molecule has 1 saturated heterocycles. The smallest absolute Gasteiger partial charge is 0.255 e. The molecule has 0 aliphatic carbocycles. The first-order valence-electron chi connectivity index (χ1n) is 7.62. The van der Waals surface area contributed by atoms with E-state index in [1.807, 2.05) is 36.4 Å². The molecule has 2 aromatic carbocycles. The summed E-state index contributed by atoms with van der Waals surface area (Å²) in [6, 6.07) is 14.7. The van der Waals surface area contributed by atoms with E-state index in [1.165, 1.54) is 0 Å². The predicted octanol–water partition coefficient (Wildman–Crippen LogP) is 4.26. The highest BCUT2D eigenvalue weighted by Crippen LogP contribution is 2.19. The molecule has 1 unspecified atom stereocenters. The lowest BCUT2D eigenvalue weighted by molar-refractivity contribution is 0.0679. The lowest BCUT2D eigenvalue weighted by Gasteiger charge is -2.12. The van der Waals surface area contributed by atoms with Crippen molar-refractivity contribution in [1.82, 2.24) is 0 Å². The molecule has 0 bridgehead atoms. The number of hydrogen-bond donors (Lipinski definition) is 1. The van der Waals surface area contributed by atoms with Crippen molar-refractivity contribution in [3.8, 4) is 5.75 Å². The highest BCUT2D eigenvalue weighted by molar-refractivity contribution is 9.10. The molecule has 1 heterocycles. The van der Waals surface area contributed by atoms with Crippen LogP contribution in [0.5, 0.6) is 5.75 Å². The average molecular weight is 376 g/mol. The largest absolute Gasteiger partial charge is 0.491 e. The summed E-state index contributed by atoms with van der Waals surface area (Å²) in [5, 5.41) is 2.87. The molecule has 5 heteroatoms. The van der Waals surface area contributed by atoms with Gasteiger partial charge in [0.25, 0.3) is 5.91 Å². The summed E-state index contributed by atoms with van der Waals surface area (Å²) in [4.78, 5) is 12.2. The fourth-order valence-corrected chi connectivity index (χ4v) is 2.83. The SMILES string of the molecule is O=C(Nc1ccc(OCC2CCCO2)cc1)c1cccc(Br)c1. The van der Waals surface area contributed by atoms with Crippen LogP contribution in [0.4, 0.5) is 5.69 Å². The molecule has 1 aliphatic heterocycles. The van der Waals surface area contributed by atoms with E-state index >= 15 is 0 Å². The van der Waals surface area contributed by atoms with Gasteiger partial charge in [0.05, 0.1) is 6.10 Å². The Labute approximate surface area is 143 Å². The highest BCUT2D eigenvalue weighted by atomic mass is 79.9. The number of anilines is 1. The summed E-state index contributed by atoms with van der Waals surface area (Å²) in [5.41, 5.74) is 1.34. The van der Waals surface area contributed by atoms with Gasteiger partial charge in [-0.3, -0.25) is 4.79 Å². The monoisotopic (exact) mass is 375 g/mol. The Kier molecular flexibility index (Phi) is 5.31. The summed E-state index contributed by atoms with van der Waals surface area (Å²) in [6.07, 6.45) is 2.36. The van der Waals surface area contributed by atoms with Crippen molar-refractivity contribution in [2.45, 2.75) is 18.9 Å². The van der Waals surface area contributed by atoms with Crippen LogP contribution < -0.4 is 10.1 Å². The lowest BCUT2D eigenvalue weighted by atomic mass is 10.2. The molecule has 0 radical (unpaired) electrons. The molecule has 1 fully saturated rings. The van der Waals surface area contributed by atoms with E-state index in [0.717, 1.165) is 35.4 Å². The molecular weight excluding hydrogens is 358 g/mol. The van der Waals surface area contributed by atoms with Gasteiger partial charge in [0, 0.05) is 22.3 Å². The molecule has 1 aliphatic rings. The van der Waals surface area contributed by atoms with Crippen LogP contribution in [0.15, 0.2) is 53.0 Å². The molecule has 0 aromatic heterocycles. The summed E-state index contributed by atoms with van der Waals surface area (Å²) in [5.74, 6) is 0.639. The van der Waals surface area contributed by atoms with Crippen molar-refractivity contribution >= 4 is 27.5 Å². The van der Waals surface area contributed by atoms with Crippen molar-refractivity contribution in [1.29, 1.82) is 0 Å². The third-order valence-electron chi connectivity index (χ3n) is 3.66. The van der Waals surface area contributed by atoms with Gasteiger partial charge in [0.2, 0.25) is 0 Å². The van der Waals surface area contributed by atoms with Gasteiger partial charge >= 0.3 is 0 Å². The lowest BCUT2D eigenvalue weighted by Crippen LogP contribution is -2.16. The first-order chi connectivity index (χ1) is 11.2. The standard InChI is InChI=1S/C18H18BrNO3/c19-14-4-1-3-13(11-14)18(21)20-15-6-8-16(9-7-15)23-12-17-5-2-10-22-17/h1,3-4,6-9,11,17H,2,5,10,12H2,(H,20,21). The number of amides is 1. The van der Waals surface area contributed by atoms with E-state index in [0.29, 0.717) is 12.2 Å². The fourth-order valence-electron chi connectivity index (χ4n) is 2.43. The average Bonchev–Trinajstić information content (AvgIpc) is 3.08. The molecular formula is C18H18BrNO3. The number of rotatable bonds is 5. The number of carbonyl (C=O) groups excluding carboxylic acids is 1. The summed E-state index contributed by atoms with van der Waals surface area (Å²) < 4.78 is 12.1. The Hall–Kier alpha value is -1.85. The number of nitrogens with one attached hydrogen (secondary N) is 1. The van der Waals surface area contributed by atoms with Gasteiger partial charge in [0.15, 0.2) is 0 Å². The Bertz CT molecular complexity index is 666. The van der Waals surface area contributed by atoms with Crippen LogP contribution >= 0.6 is 15.9 Å². The van der Waals surface area contributed by atoms with Crippen molar-refractivity contribution < 1.29 is 14.3 Å². The molecule has 0 spiro atoms. The Morgan fingerprint density at radius 3 is 2.78 bits per heavy atom. The maximum atomic E-state index is 12.2. The fraction of sp³-hybridized carbons (Fsp3) is 0.278. The maximum absolute atomic E-state index is 12.2. The number of hydrogen-bond acceptors (Lipinski definition) is 3. The van der Waals surface area contributed by atoms with Gasteiger partial charge < -0.3 is 14.8 Å². The maximum Gasteiger partial charge on any atom is 0.255 e. The third kappa shape index (κ3) is 4.56. The molecule has 1 amide bonds. The number of carbonyl (C=O) groups is 1. The Balaban J connectivity index is 1.55. The van der Waals surface area contributed by atoms with Gasteiger partial charge in [-0.25, -0.2) is 0 Å². The van der Waals surface area contributed by atoms with E-state index in [2.05, 4.69) is 21.2 Å².